The normalized spacial score (nSPS) is 16.2. The van der Waals surface area contributed by atoms with Crippen molar-refractivity contribution in [1.82, 2.24) is 19.4 Å². The van der Waals surface area contributed by atoms with E-state index >= 15 is 0 Å². The van der Waals surface area contributed by atoms with Gasteiger partial charge in [0.25, 0.3) is 5.91 Å². The zero-order chi connectivity index (χ0) is 18.2. The number of aromatic amines is 1. The highest BCUT2D eigenvalue weighted by Gasteiger charge is 2.32. The Morgan fingerprint density at radius 2 is 1.84 bits per heavy atom. The molecule has 0 atom stereocenters. The quantitative estimate of drug-likeness (QED) is 0.878. The number of H-pyrrole nitrogens is 1. The lowest BCUT2D eigenvalue weighted by Gasteiger charge is -2.33. The Balaban J connectivity index is 1.72. The smallest absolute Gasteiger partial charge is 0.274 e. The van der Waals surface area contributed by atoms with Gasteiger partial charge in [-0.1, -0.05) is 0 Å². The summed E-state index contributed by atoms with van der Waals surface area (Å²) in [6.45, 7) is 2.13. The van der Waals surface area contributed by atoms with E-state index in [1.54, 1.807) is 13.0 Å². The largest absolute Gasteiger partial charge is 0.335 e. The van der Waals surface area contributed by atoms with Crippen LogP contribution in [0.4, 0.5) is 8.78 Å². The fourth-order valence-corrected chi connectivity index (χ4v) is 4.11. The van der Waals surface area contributed by atoms with Crippen LogP contribution >= 0.6 is 0 Å². The van der Waals surface area contributed by atoms with Crippen molar-refractivity contribution in [3.05, 3.63) is 47.3 Å². The molecule has 0 spiro atoms. The molecule has 1 aliphatic heterocycles. The van der Waals surface area contributed by atoms with Gasteiger partial charge in [0.05, 0.1) is 0 Å². The number of hydrogen-bond acceptors (Lipinski definition) is 4. The lowest BCUT2D eigenvalue weighted by Crippen LogP contribution is -2.50. The predicted molar refractivity (Wildman–Crippen MR) is 84.3 cm³/mol. The number of halogens is 2. The van der Waals surface area contributed by atoms with E-state index in [1.807, 2.05) is 0 Å². The topological polar surface area (TPSA) is 86.4 Å². The van der Waals surface area contributed by atoms with Crippen LogP contribution in [-0.4, -0.2) is 59.9 Å². The van der Waals surface area contributed by atoms with Crippen LogP contribution in [0.25, 0.3) is 0 Å². The van der Waals surface area contributed by atoms with Crippen LogP contribution in [0.1, 0.15) is 16.2 Å². The van der Waals surface area contributed by atoms with Gasteiger partial charge in [-0.3, -0.25) is 9.89 Å². The number of sulfonamides is 1. The van der Waals surface area contributed by atoms with Crippen LogP contribution in [0.5, 0.6) is 0 Å². The number of carbonyl (C=O) groups is 1. The molecular formula is C15H16F2N4O3S. The third kappa shape index (κ3) is 3.40. The van der Waals surface area contributed by atoms with E-state index in [4.69, 9.17) is 0 Å². The van der Waals surface area contributed by atoms with Crippen LogP contribution < -0.4 is 0 Å². The standard InChI is InChI=1S/C15H16F2N4O3S/c1-10-8-13(19-18-10)15(22)20-4-6-21(7-5-20)25(23,24)14-3-2-11(16)9-12(14)17/h2-3,8-9H,4-7H2,1H3,(H,18,19). The Hall–Kier alpha value is -2.33. The molecule has 0 unspecified atom stereocenters. The maximum absolute atomic E-state index is 13.8. The molecule has 1 amide bonds. The second kappa shape index (κ2) is 6.52. The lowest BCUT2D eigenvalue weighted by atomic mass is 10.3. The number of hydrogen-bond donors (Lipinski definition) is 1. The zero-order valence-corrected chi connectivity index (χ0v) is 14.2. The van der Waals surface area contributed by atoms with Gasteiger partial charge >= 0.3 is 0 Å². The number of rotatable bonds is 3. The number of piperazine rings is 1. The van der Waals surface area contributed by atoms with Gasteiger partial charge in [-0.2, -0.15) is 9.40 Å². The van der Waals surface area contributed by atoms with Crippen LogP contribution in [0.3, 0.4) is 0 Å². The number of benzene rings is 1. The zero-order valence-electron chi connectivity index (χ0n) is 13.4. The summed E-state index contributed by atoms with van der Waals surface area (Å²) in [5.74, 6) is -2.28. The Labute approximate surface area is 143 Å². The van der Waals surface area contributed by atoms with E-state index < -0.39 is 26.6 Å². The third-order valence-corrected chi connectivity index (χ3v) is 5.89. The molecule has 0 bridgehead atoms. The molecule has 1 aliphatic rings. The van der Waals surface area contributed by atoms with Crippen molar-refractivity contribution in [3.63, 3.8) is 0 Å². The highest BCUT2D eigenvalue weighted by atomic mass is 32.2. The maximum atomic E-state index is 13.8. The van der Waals surface area contributed by atoms with E-state index in [2.05, 4.69) is 10.2 Å². The molecule has 3 rings (SSSR count). The van der Waals surface area contributed by atoms with Crippen LogP contribution in [0.15, 0.2) is 29.2 Å². The summed E-state index contributed by atoms with van der Waals surface area (Å²) >= 11 is 0. The van der Waals surface area contributed by atoms with Gasteiger partial charge in [0.1, 0.15) is 22.2 Å². The van der Waals surface area contributed by atoms with Gasteiger partial charge in [-0.25, -0.2) is 17.2 Å². The molecule has 10 heteroatoms. The van der Waals surface area contributed by atoms with Crippen molar-refractivity contribution in [2.45, 2.75) is 11.8 Å². The molecule has 0 radical (unpaired) electrons. The fraction of sp³-hybridized carbons (Fsp3) is 0.333. The SMILES string of the molecule is Cc1cc(C(=O)N2CCN(S(=O)(=O)c3ccc(F)cc3F)CC2)n[nH]1. The summed E-state index contributed by atoms with van der Waals surface area (Å²) in [6, 6.07) is 3.95. The number of aromatic nitrogens is 2. The average Bonchev–Trinajstić information content (AvgIpc) is 3.00. The second-order valence-electron chi connectivity index (χ2n) is 5.71. The van der Waals surface area contributed by atoms with Gasteiger partial charge in [-0.05, 0) is 25.1 Å². The summed E-state index contributed by atoms with van der Waals surface area (Å²) < 4.78 is 52.9. The molecule has 0 saturated carbocycles. The monoisotopic (exact) mass is 370 g/mol. The number of nitrogens with one attached hydrogen (secondary N) is 1. The first-order valence-electron chi connectivity index (χ1n) is 7.55. The Kier molecular flexibility index (Phi) is 4.56. The first kappa shape index (κ1) is 17.5. The minimum absolute atomic E-state index is 0.0221. The highest BCUT2D eigenvalue weighted by molar-refractivity contribution is 7.89. The predicted octanol–water partition coefficient (Wildman–Crippen LogP) is 1.14. The van der Waals surface area contributed by atoms with Crippen LogP contribution in [0, 0.1) is 18.6 Å². The van der Waals surface area contributed by atoms with Crippen molar-refractivity contribution < 1.29 is 22.0 Å². The lowest BCUT2D eigenvalue weighted by molar-refractivity contribution is 0.0691. The third-order valence-electron chi connectivity index (χ3n) is 3.96. The highest BCUT2D eigenvalue weighted by Crippen LogP contribution is 2.21. The van der Waals surface area contributed by atoms with Gasteiger partial charge in [0, 0.05) is 37.9 Å². The van der Waals surface area contributed by atoms with E-state index in [0.717, 1.165) is 22.1 Å². The van der Waals surface area contributed by atoms with E-state index in [9.17, 15) is 22.0 Å². The van der Waals surface area contributed by atoms with Crippen molar-refractivity contribution >= 4 is 15.9 Å². The van der Waals surface area contributed by atoms with Crippen molar-refractivity contribution in [2.75, 3.05) is 26.2 Å². The molecule has 7 nitrogen and oxygen atoms in total. The second-order valence-corrected chi connectivity index (χ2v) is 7.61. The first-order valence-corrected chi connectivity index (χ1v) is 8.99. The average molecular weight is 370 g/mol. The van der Waals surface area contributed by atoms with Crippen molar-refractivity contribution in [1.29, 1.82) is 0 Å². The van der Waals surface area contributed by atoms with Crippen LogP contribution in [-0.2, 0) is 10.0 Å². The number of nitrogens with zero attached hydrogens (tertiary/aromatic N) is 3. The maximum Gasteiger partial charge on any atom is 0.274 e. The minimum atomic E-state index is -4.09. The molecule has 1 fully saturated rings. The minimum Gasteiger partial charge on any atom is -0.335 e. The summed E-state index contributed by atoms with van der Waals surface area (Å²) in [4.78, 5) is 13.2. The molecule has 25 heavy (non-hydrogen) atoms. The van der Waals surface area contributed by atoms with Crippen LogP contribution in [0.2, 0.25) is 0 Å². The van der Waals surface area contributed by atoms with Gasteiger partial charge in [-0.15, -0.1) is 0 Å². The molecule has 1 aromatic carbocycles. The van der Waals surface area contributed by atoms with Gasteiger partial charge in [0.2, 0.25) is 10.0 Å². The molecule has 134 valence electrons. The molecular weight excluding hydrogens is 354 g/mol. The van der Waals surface area contributed by atoms with Gasteiger partial charge < -0.3 is 4.90 Å². The summed E-state index contributed by atoms with van der Waals surface area (Å²) in [5, 5.41) is 6.57. The summed E-state index contributed by atoms with van der Waals surface area (Å²) in [5.41, 5.74) is 1.01. The molecule has 1 N–H and O–H groups in total. The number of aryl methyl sites for hydroxylation is 1. The number of carbonyl (C=O) groups excluding carboxylic acids is 1. The fourth-order valence-electron chi connectivity index (χ4n) is 2.64. The number of amides is 1. The molecule has 2 aromatic rings. The Bertz CT molecular complexity index is 905. The summed E-state index contributed by atoms with van der Waals surface area (Å²) in [6.07, 6.45) is 0. The molecule has 1 aromatic heterocycles. The Morgan fingerprint density at radius 3 is 2.40 bits per heavy atom. The molecule has 0 aliphatic carbocycles. The Morgan fingerprint density at radius 1 is 1.16 bits per heavy atom. The van der Waals surface area contributed by atoms with Crippen molar-refractivity contribution in [3.8, 4) is 0 Å². The first-order chi connectivity index (χ1) is 11.8. The van der Waals surface area contributed by atoms with Gasteiger partial charge in [0.15, 0.2) is 0 Å². The molecule has 1 saturated heterocycles. The van der Waals surface area contributed by atoms with E-state index in [0.29, 0.717) is 6.07 Å². The van der Waals surface area contributed by atoms with E-state index in [1.165, 1.54) is 4.90 Å². The van der Waals surface area contributed by atoms with E-state index in [-0.39, 0.29) is 37.8 Å². The van der Waals surface area contributed by atoms with Crippen molar-refractivity contribution in [2.24, 2.45) is 0 Å². The molecule has 2 heterocycles. The summed E-state index contributed by atoms with van der Waals surface area (Å²) in [7, 11) is -4.09.